The number of fused-ring (bicyclic) bond motifs is 2. The highest BCUT2D eigenvalue weighted by atomic mass is 32.2. The topological polar surface area (TPSA) is 123 Å². The molecule has 3 rings (SSSR count). The van der Waals surface area contributed by atoms with Crippen LogP contribution in [0.25, 0.3) is 0 Å². The summed E-state index contributed by atoms with van der Waals surface area (Å²) in [7, 11) is 0. The van der Waals surface area contributed by atoms with Gasteiger partial charge in [-0.15, -0.1) is 0 Å². The first kappa shape index (κ1) is 31.8. The number of esters is 1. The van der Waals surface area contributed by atoms with E-state index in [4.69, 9.17) is 9.57 Å². The van der Waals surface area contributed by atoms with Crippen LogP contribution in [0.2, 0.25) is 0 Å². The van der Waals surface area contributed by atoms with Crippen molar-refractivity contribution in [2.24, 2.45) is 5.16 Å². The molecule has 0 aliphatic carbocycles. The van der Waals surface area contributed by atoms with E-state index >= 15 is 0 Å². The van der Waals surface area contributed by atoms with Gasteiger partial charge in [-0.1, -0.05) is 50.5 Å². The number of hydrogen-bond donors (Lipinski definition) is 1. The third-order valence-electron chi connectivity index (χ3n) is 6.41. The lowest BCUT2D eigenvalue weighted by atomic mass is 9.96. The van der Waals surface area contributed by atoms with Gasteiger partial charge in [-0.3, -0.25) is 19.6 Å². The second-order valence-electron chi connectivity index (χ2n) is 9.61. The molecule has 0 radical (unpaired) electrons. The molecule has 0 bridgehead atoms. The predicted octanol–water partition coefficient (Wildman–Crippen LogP) is 7.57. The Labute approximate surface area is 244 Å². The molecule has 0 atom stereocenters. The van der Waals surface area contributed by atoms with Gasteiger partial charge in [-0.25, -0.2) is 9.86 Å². The predicted molar refractivity (Wildman–Crippen MR) is 157 cm³/mol. The van der Waals surface area contributed by atoms with Crippen molar-refractivity contribution in [3.63, 3.8) is 0 Å². The molecule has 10 heteroatoms. The van der Waals surface area contributed by atoms with E-state index in [0.29, 0.717) is 69.3 Å². The lowest BCUT2D eigenvalue weighted by Gasteiger charge is -2.28. The van der Waals surface area contributed by atoms with Crippen molar-refractivity contribution in [1.29, 1.82) is 0 Å². The number of oxime groups is 1. The molecule has 0 saturated carbocycles. The molecule has 2 aromatic rings. The van der Waals surface area contributed by atoms with Gasteiger partial charge < -0.3 is 9.57 Å². The summed E-state index contributed by atoms with van der Waals surface area (Å²) in [5.41, 5.74) is 2.32. The first-order valence-corrected chi connectivity index (χ1v) is 14.6. The minimum atomic E-state index is -0.614. The lowest BCUT2D eigenvalue weighted by Crippen LogP contribution is -2.19. The molecule has 0 spiro atoms. The highest BCUT2D eigenvalue weighted by molar-refractivity contribution is 7.99. The van der Waals surface area contributed by atoms with Crippen molar-refractivity contribution >= 4 is 52.4 Å². The quantitative estimate of drug-likeness (QED) is 0.0486. The van der Waals surface area contributed by atoms with E-state index in [9.17, 15) is 24.4 Å². The Kier molecular flexibility index (Phi) is 11.4. The van der Waals surface area contributed by atoms with Crippen molar-refractivity contribution in [2.75, 3.05) is 5.06 Å². The van der Waals surface area contributed by atoms with Gasteiger partial charge in [0.2, 0.25) is 5.78 Å². The summed E-state index contributed by atoms with van der Waals surface area (Å²) < 4.78 is 5.38. The highest BCUT2D eigenvalue weighted by Crippen LogP contribution is 2.48. The fourth-order valence-electron chi connectivity index (χ4n) is 4.33. The Morgan fingerprint density at radius 1 is 0.829 bits per heavy atom. The Morgan fingerprint density at radius 2 is 1.39 bits per heavy atom. The largest absolute Gasteiger partial charge is 0.431 e. The van der Waals surface area contributed by atoms with E-state index in [1.54, 1.807) is 36.4 Å². The summed E-state index contributed by atoms with van der Waals surface area (Å²) in [4.78, 5) is 55.8. The molecule has 9 nitrogen and oxygen atoms in total. The van der Waals surface area contributed by atoms with Crippen LogP contribution in [0, 0.1) is 0 Å². The van der Waals surface area contributed by atoms with E-state index in [-0.39, 0.29) is 17.3 Å². The van der Waals surface area contributed by atoms with Gasteiger partial charge in [-0.05, 0) is 62.1 Å². The first-order valence-electron chi connectivity index (χ1n) is 13.8. The third-order valence-corrected chi connectivity index (χ3v) is 7.51. The Morgan fingerprint density at radius 3 is 1.90 bits per heavy atom. The molecule has 0 fully saturated rings. The summed E-state index contributed by atoms with van der Waals surface area (Å²) in [6.07, 6.45) is 4.41. The van der Waals surface area contributed by atoms with Gasteiger partial charge in [0.15, 0.2) is 5.78 Å². The summed E-state index contributed by atoms with van der Waals surface area (Å²) in [5.74, 6) is -1.32. The van der Waals surface area contributed by atoms with Crippen LogP contribution in [-0.4, -0.2) is 34.4 Å². The van der Waals surface area contributed by atoms with E-state index in [1.165, 1.54) is 25.6 Å². The number of ether oxygens (including phenoxy) is 1. The molecule has 1 N–H and O–H groups in total. The number of Topliss-reactive ketones (excluding diaryl/α,β-unsaturated/α-hetero) is 2. The van der Waals surface area contributed by atoms with E-state index in [2.05, 4.69) is 5.16 Å². The molecular weight excluding hydrogens is 544 g/mol. The molecule has 0 saturated heterocycles. The zero-order valence-electron chi connectivity index (χ0n) is 24.1. The maximum atomic E-state index is 13.6. The maximum Gasteiger partial charge on any atom is 0.331 e. The second kappa shape index (κ2) is 14.7. The average molecular weight is 581 g/mol. The van der Waals surface area contributed by atoms with Crippen LogP contribution in [0.3, 0.4) is 0 Å². The average Bonchev–Trinajstić information content (AvgIpc) is 2.95. The van der Waals surface area contributed by atoms with Crippen molar-refractivity contribution in [1.82, 2.24) is 0 Å². The Bertz CT molecular complexity index is 1400. The van der Waals surface area contributed by atoms with Crippen molar-refractivity contribution in [3.05, 3.63) is 58.9 Å². The number of hydrogen-bond acceptors (Lipinski definition) is 10. The van der Waals surface area contributed by atoms with Crippen LogP contribution in [0.1, 0.15) is 100 Å². The summed E-state index contributed by atoms with van der Waals surface area (Å²) in [5, 5.41) is 15.8. The number of rotatable bonds is 13. The molecule has 0 aromatic heterocycles. The van der Waals surface area contributed by atoms with E-state index in [1.807, 2.05) is 20.8 Å². The van der Waals surface area contributed by atoms with Crippen LogP contribution in [0.4, 0.5) is 11.4 Å². The number of carbonyl (C=O) groups excluding carboxylic acids is 4. The molecule has 2 aromatic carbocycles. The summed E-state index contributed by atoms with van der Waals surface area (Å²) >= 11 is 1.32. The van der Waals surface area contributed by atoms with Crippen molar-refractivity contribution in [2.45, 2.75) is 89.4 Å². The van der Waals surface area contributed by atoms with Crippen molar-refractivity contribution < 1.29 is 34.0 Å². The van der Waals surface area contributed by atoms with Gasteiger partial charge in [0.25, 0.3) is 0 Å². The number of unbranched alkanes of at least 4 members (excludes halogenated alkanes) is 2. The van der Waals surface area contributed by atoms with Crippen LogP contribution in [-0.2, 0) is 19.2 Å². The fraction of sp³-hybridized carbons (Fsp3) is 0.387. The zero-order valence-corrected chi connectivity index (χ0v) is 24.9. The van der Waals surface area contributed by atoms with E-state index < -0.39 is 11.9 Å². The smallest absolute Gasteiger partial charge is 0.331 e. The van der Waals surface area contributed by atoms with Gasteiger partial charge in [-0.2, -0.15) is 0 Å². The molecule has 1 heterocycles. The number of anilines is 2. The first-order chi connectivity index (χ1) is 19.6. The minimum Gasteiger partial charge on any atom is -0.431 e. The monoisotopic (exact) mass is 580 g/mol. The normalized spacial score (nSPS) is 13.1. The maximum absolute atomic E-state index is 13.6. The SMILES string of the molecule is CCCC/C(=N\OC(C)=O)C(=O)c1ccc2c(c1)Sc1cc(C(=O)/C(CCCC)=C(\CC)OC(C)=O)ccc1N2O. The van der Waals surface area contributed by atoms with Gasteiger partial charge in [0.1, 0.15) is 11.5 Å². The lowest BCUT2D eigenvalue weighted by molar-refractivity contribution is -0.141. The molecule has 0 amide bonds. The van der Waals surface area contributed by atoms with Crippen LogP contribution >= 0.6 is 11.8 Å². The van der Waals surface area contributed by atoms with Crippen LogP contribution in [0.5, 0.6) is 0 Å². The number of ketones is 2. The number of nitrogens with zero attached hydrogens (tertiary/aromatic N) is 2. The fourth-order valence-corrected chi connectivity index (χ4v) is 5.46. The molecule has 1 aliphatic rings. The summed E-state index contributed by atoms with van der Waals surface area (Å²) in [6, 6.07) is 9.90. The standard InChI is InChI=1S/C31H36N2O7S/c1-6-9-11-23(27(8-3)39-19(4)34)30(36)21-13-15-25-28(17-21)41-29-18-22(14-16-26(29)33(25)38)31(37)24(12-10-7-2)32-40-20(5)35/h13-18,38H,6-12H2,1-5H3/b27-23+,32-24+. The van der Waals surface area contributed by atoms with Crippen LogP contribution in [0.15, 0.2) is 62.7 Å². The van der Waals surface area contributed by atoms with Gasteiger partial charge in [0, 0.05) is 46.8 Å². The molecule has 41 heavy (non-hydrogen) atoms. The molecular formula is C31H36N2O7S. The molecule has 0 unspecified atom stereocenters. The number of benzene rings is 2. The molecule has 218 valence electrons. The molecule has 1 aliphatic heterocycles. The highest BCUT2D eigenvalue weighted by Gasteiger charge is 2.27. The second-order valence-corrected chi connectivity index (χ2v) is 10.7. The zero-order chi connectivity index (χ0) is 30.1. The number of allylic oxidation sites excluding steroid dienone is 2. The Balaban J connectivity index is 1.97. The van der Waals surface area contributed by atoms with E-state index in [0.717, 1.165) is 24.3 Å². The van der Waals surface area contributed by atoms with Crippen molar-refractivity contribution in [3.8, 4) is 0 Å². The van der Waals surface area contributed by atoms with Crippen LogP contribution < -0.4 is 5.06 Å². The third kappa shape index (κ3) is 7.92. The minimum absolute atomic E-state index is 0.142. The van der Waals surface area contributed by atoms with Gasteiger partial charge in [0.05, 0.1) is 11.4 Å². The number of carbonyl (C=O) groups is 4. The Hall–Kier alpha value is -3.76. The summed E-state index contributed by atoms with van der Waals surface area (Å²) in [6.45, 7) is 8.38. The van der Waals surface area contributed by atoms with Gasteiger partial charge >= 0.3 is 11.9 Å².